The van der Waals surface area contributed by atoms with E-state index in [1.165, 1.54) is 11.1 Å². The summed E-state index contributed by atoms with van der Waals surface area (Å²) in [6.07, 6.45) is 1.04. The summed E-state index contributed by atoms with van der Waals surface area (Å²) in [5.41, 5.74) is 1.99. The van der Waals surface area contributed by atoms with Crippen LogP contribution < -0.4 is 5.32 Å². The Labute approximate surface area is 165 Å². The standard InChI is InChI=1S/C22H28N2O4/c1-21(2,11-25)15-5-3-4-13(6-15)18-16-9-24(10-17(16)18)19(26)14-7-22(8-14)12-28-20(27)23-22/h3-6,14,16-18,25H,7-12H2,1-2H3,(H,23,27)/t14?,16-,17+,18-,22?. The average Bonchev–Trinajstić information content (AvgIpc) is 2.98. The molecule has 2 N–H and O–H groups in total. The Balaban J connectivity index is 1.19. The van der Waals surface area contributed by atoms with E-state index in [-0.39, 0.29) is 35.5 Å². The number of alkyl carbamates (subject to hydrolysis) is 1. The van der Waals surface area contributed by atoms with E-state index in [0.29, 0.717) is 37.2 Å². The van der Waals surface area contributed by atoms with E-state index in [9.17, 15) is 14.7 Å². The lowest BCUT2D eigenvalue weighted by Crippen LogP contribution is -2.58. The van der Waals surface area contributed by atoms with Crippen LogP contribution >= 0.6 is 0 Å². The molecule has 3 atom stereocenters. The minimum absolute atomic E-state index is 0.0200. The van der Waals surface area contributed by atoms with Gasteiger partial charge in [0.25, 0.3) is 0 Å². The Morgan fingerprint density at radius 3 is 2.64 bits per heavy atom. The van der Waals surface area contributed by atoms with Crippen molar-refractivity contribution in [2.75, 3.05) is 26.3 Å². The van der Waals surface area contributed by atoms with E-state index < -0.39 is 0 Å². The van der Waals surface area contributed by atoms with E-state index in [0.717, 1.165) is 13.1 Å². The highest BCUT2D eigenvalue weighted by Gasteiger charge is 2.59. The van der Waals surface area contributed by atoms with Gasteiger partial charge in [-0.1, -0.05) is 38.1 Å². The van der Waals surface area contributed by atoms with Gasteiger partial charge in [-0.15, -0.1) is 0 Å². The summed E-state index contributed by atoms with van der Waals surface area (Å²) >= 11 is 0. The molecule has 0 bridgehead atoms. The van der Waals surface area contributed by atoms with E-state index in [2.05, 4.69) is 43.4 Å². The van der Waals surface area contributed by atoms with Crippen LogP contribution in [0.25, 0.3) is 0 Å². The summed E-state index contributed by atoms with van der Waals surface area (Å²) in [6, 6.07) is 8.60. The summed E-state index contributed by atoms with van der Waals surface area (Å²) in [5.74, 6) is 1.91. The van der Waals surface area contributed by atoms with Crippen molar-refractivity contribution in [1.29, 1.82) is 0 Å². The van der Waals surface area contributed by atoms with Crippen molar-refractivity contribution in [3.8, 4) is 0 Å². The smallest absolute Gasteiger partial charge is 0.407 e. The minimum Gasteiger partial charge on any atom is -0.447 e. The molecule has 5 rings (SSSR count). The van der Waals surface area contributed by atoms with Gasteiger partial charge < -0.3 is 20.1 Å². The number of benzene rings is 1. The molecule has 4 fully saturated rings. The third-order valence-corrected chi connectivity index (χ3v) is 7.42. The molecule has 1 spiro atoms. The van der Waals surface area contributed by atoms with Crippen LogP contribution in [-0.2, 0) is 14.9 Å². The molecular formula is C22H28N2O4. The molecule has 2 saturated carbocycles. The number of aliphatic hydroxyl groups excluding tert-OH is 1. The number of carbonyl (C=O) groups is 2. The number of aliphatic hydroxyl groups is 1. The number of cyclic esters (lactones) is 1. The molecule has 6 heteroatoms. The number of hydrogen-bond donors (Lipinski definition) is 2. The van der Waals surface area contributed by atoms with Gasteiger partial charge in [0.2, 0.25) is 5.91 Å². The van der Waals surface area contributed by atoms with Gasteiger partial charge in [0.05, 0.1) is 12.1 Å². The Morgan fingerprint density at radius 1 is 1.32 bits per heavy atom. The van der Waals surface area contributed by atoms with Gasteiger partial charge in [-0.3, -0.25) is 4.79 Å². The predicted molar refractivity (Wildman–Crippen MR) is 103 cm³/mol. The lowest BCUT2D eigenvalue weighted by atomic mass is 9.68. The van der Waals surface area contributed by atoms with Gasteiger partial charge >= 0.3 is 6.09 Å². The lowest BCUT2D eigenvalue weighted by molar-refractivity contribution is -0.140. The molecule has 150 valence electrons. The molecule has 2 aliphatic carbocycles. The van der Waals surface area contributed by atoms with E-state index in [4.69, 9.17) is 4.74 Å². The van der Waals surface area contributed by atoms with Crippen LogP contribution in [0.15, 0.2) is 24.3 Å². The van der Waals surface area contributed by atoms with Gasteiger partial charge in [0, 0.05) is 24.4 Å². The quantitative estimate of drug-likeness (QED) is 0.832. The van der Waals surface area contributed by atoms with Crippen LogP contribution in [0.3, 0.4) is 0 Å². The number of hydrogen-bond acceptors (Lipinski definition) is 4. The summed E-state index contributed by atoms with van der Waals surface area (Å²) in [6.45, 7) is 6.32. The number of carbonyl (C=O) groups excluding carboxylic acids is 2. The molecule has 4 aliphatic rings. The zero-order valence-corrected chi connectivity index (χ0v) is 16.5. The van der Waals surface area contributed by atoms with Crippen molar-refractivity contribution in [1.82, 2.24) is 10.2 Å². The number of ether oxygens (including phenoxy) is 1. The first-order valence-electron chi connectivity index (χ1n) is 10.3. The molecule has 28 heavy (non-hydrogen) atoms. The minimum atomic E-state index is -0.359. The van der Waals surface area contributed by atoms with Gasteiger partial charge in [-0.05, 0) is 41.7 Å². The molecule has 2 amide bonds. The van der Waals surface area contributed by atoms with Crippen molar-refractivity contribution in [2.24, 2.45) is 17.8 Å². The fourth-order valence-electron chi connectivity index (χ4n) is 5.49. The molecule has 2 aliphatic heterocycles. The van der Waals surface area contributed by atoms with Crippen molar-refractivity contribution >= 4 is 12.0 Å². The van der Waals surface area contributed by atoms with E-state index in [1.54, 1.807) is 0 Å². The van der Waals surface area contributed by atoms with Crippen LogP contribution in [0.2, 0.25) is 0 Å². The number of amides is 2. The topological polar surface area (TPSA) is 78.9 Å². The fraction of sp³-hybridized carbons (Fsp3) is 0.636. The maximum atomic E-state index is 12.8. The van der Waals surface area contributed by atoms with Crippen molar-refractivity contribution < 1.29 is 19.4 Å². The molecule has 1 aromatic carbocycles. The first-order chi connectivity index (χ1) is 13.3. The molecule has 2 heterocycles. The zero-order valence-electron chi connectivity index (χ0n) is 16.5. The number of piperidine rings is 1. The summed E-state index contributed by atoms with van der Waals surface area (Å²) in [5, 5.41) is 12.5. The summed E-state index contributed by atoms with van der Waals surface area (Å²) < 4.78 is 5.00. The Bertz CT molecular complexity index is 818. The van der Waals surface area contributed by atoms with Gasteiger partial charge in [-0.2, -0.15) is 0 Å². The molecule has 6 nitrogen and oxygen atoms in total. The number of fused-ring (bicyclic) bond motifs is 1. The van der Waals surface area contributed by atoms with Crippen LogP contribution in [0, 0.1) is 17.8 Å². The zero-order chi connectivity index (χ0) is 19.7. The predicted octanol–water partition coefficient (Wildman–Crippen LogP) is 2.02. The van der Waals surface area contributed by atoms with Gasteiger partial charge in [0.15, 0.2) is 0 Å². The first kappa shape index (κ1) is 18.0. The maximum absolute atomic E-state index is 12.8. The highest BCUT2D eigenvalue weighted by Crippen LogP contribution is 2.59. The second-order valence-electron chi connectivity index (χ2n) is 9.85. The van der Waals surface area contributed by atoms with Crippen LogP contribution in [0.4, 0.5) is 4.79 Å². The fourth-order valence-corrected chi connectivity index (χ4v) is 5.49. The maximum Gasteiger partial charge on any atom is 0.407 e. The SMILES string of the molecule is CC(C)(CO)c1cccc([C@@H]2[C@@H]3CN(C(=O)C4CC5(COC(=O)N5)C4)C[C@@H]32)c1. The molecule has 1 aromatic rings. The molecule has 0 unspecified atom stereocenters. The Kier molecular flexibility index (Phi) is 3.83. The van der Waals surface area contributed by atoms with Gasteiger partial charge in [-0.25, -0.2) is 4.79 Å². The third kappa shape index (κ3) is 2.72. The highest BCUT2D eigenvalue weighted by molar-refractivity contribution is 5.82. The lowest BCUT2D eigenvalue weighted by Gasteiger charge is -2.43. The van der Waals surface area contributed by atoms with Crippen molar-refractivity contribution in [3.05, 3.63) is 35.4 Å². The van der Waals surface area contributed by atoms with Crippen LogP contribution in [-0.4, -0.2) is 53.8 Å². The van der Waals surface area contributed by atoms with Crippen molar-refractivity contribution in [2.45, 2.75) is 43.6 Å². The molecular weight excluding hydrogens is 356 g/mol. The normalized spacial score (nSPS) is 36.0. The first-order valence-corrected chi connectivity index (χ1v) is 10.3. The molecule has 0 radical (unpaired) electrons. The van der Waals surface area contributed by atoms with Gasteiger partial charge in [0.1, 0.15) is 6.61 Å². The average molecular weight is 384 g/mol. The summed E-state index contributed by atoms with van der Waals surface area (Å²) in [4.78, 5) is 26.1. The highest BCUT2D eigenvalue weighted by atomic mass is 16.6. The summed E-state index contributed by atoms with van der Waals surface area (Å²) in [7, 11) is 0. The molecule has 2 saturated heterocycles. The number of rotatable bonds is 4. The number of likely N-dealkylation sites (tertiary alicyclic amines) is 1. The monoisotopic (exact) mass is 384 g/mol. The van der Waals surface area contributed by atoms with E-state index >= 15 is 0 Å². The van der Waals surface area contributed by atoms with Crippen LogP contribution in [0.1, 0.15) is 43.7 Å². The second-order valence-corrected chi connectivity index (χ2v) is 9.85. The van der Waals surface area contributed by atoms with Crippen molar-refractivity contribution in [3.63, 3.8) is 0 Å². The number of nitrogens with zero attached hydrogens (tertiary/aromatic N) is 1. The molecule has 0 aromatic heterocycles. The third-order valence-electron chi connectivity index (χ3n) is 7.42. The Hall–Kier alpha value is -2.08. The second kappa shape index (κ2) is 5.96. The largest absolute Gasteiger partial charge is 0.447 e. The van der Waals surface area contributed by atoms with E-state index in [1.807, 2.05) is 4.90 Å². The number of nitrogens with one attached hydrogen (secondary N) is 1. The Morgan fingerprint density at radius 2 is 2.04 bits per heavy atom. The van der Waals surface area contributed by atoms with Crippen LogP contribution in [0.5, 0.6) is 0 Å².